The van der Waals surface area contributed by atoms with E-state index in [0.29, 0.717) is 22.8 Å². The van der Waals surface area contributed by atoms with Crippen molar-refractivity contribution in [3.63, 3.8) is 0 Å². The van der Waals surface area contributed by atoms with Gasteiger partial charge >= 0.3 is 0 Å². The Hall–Kier alpha value is -3.60. The Labute approximate surface area is 205 Å². The van der Waals surface area contributed by atoms with Gasteiger partial charge in [-0.05, 0) is 67.4 Å². The van der Waals surface area contributed by atoms with Crippen LogP contribution >= 0.6 is 23.4 Å². The van der Waals surface area contributed by atoms with Crippen molar-refractivity contribution in [3.8, 4) is 6.07 Å². The van der Waals surface area contributed by atoms with Crippen LogP contribution in [0.2, 0.25) is 5.02 Å². The molecule has 0 spiro atoms. The maximum absolute atomic E-state index is 13.5. The second-order valence-corrected chi connectivity index (χ2v) is 9.33. The summed E-state index contributed by atoms with van der Waals surface area (Å²) in [4.78, 5) is 27.9. The van der Waals surface area contributed by atoms with Crippen molar-refractivity contribution in [3.05, 3.63) is 105 Å². The van der Waals surface area contributed by atoms with Crippen LogP contribution < -0.4 is 10.2 Å². The van der Waals surface area contributed by atoms with Crippen LogP contribution in [0.3, 0.4) is 0 Å². The molecule has 0 aromatic heterocycles. The summed E-state index contributed by atoms with van der Waals surface area (Å²) in [6, 6.07) is 21.7. The van der Waals surface area contributed by atoms with Gasteiger partial charge in [-0.25, -0.2) is 4.39 Å². The number of carbonyl (C=O) groups is 2. The molecule has 0 saturated carbocycles. The van der Waals surface area contributed by atoms with Gasteiger partial charge in [0.15, 0.2) is 0 Å². The molecule has 4 rings (SSSR count). The van der Waals surface area contributed by atoms with Crippen LogP contribution in [-0.4, -0.2) is 17.1 Å². The third-order valence-electron chi connectivity index (χ3n) is 5.21. The molecule has 1 heterocycles. The Morgan fingerprint density at radius 1 is 1.15 bits per heavy atom. The molecule has 0 aliphatic carbocycles. The van der Waals surface area contributed by atoms with E-state index in [1.54, 1.807) is 24.3 Å². The summed E-state index contributed by atoms with van der Waals surface area (Å²) in [6.07, 6.45) is 0.383. The number of hydrogen-bond donors (Lipinski definition) is 1. The van der Waals surface area contributed by atoms with Crippen LogP contribution in [0.5, 0.6) is 0 Å². The number of anilines is 2. The molecule has 1 aliphatic rings. The van der Waals surface area contributed by atoms with Gasteiger partial charge in [0.1, 0.15) is 22.5 Å². The minimum absolute atomic E-state index is 0.197. The molecule has 3 aromatic rings. The Kier molecular flexibility index (Phi) is 7.01. The normalized spacial score (nSPS) is 16.8. The topological polar surface area (TPSA) is 73.2 Å². The lowest BCUT2D eigenvalue weighted by Gasteiger charge is -2.19. The minimum Gasteiger partial charge on any atom is -0.321 e. The van der Waals surface area contributed by atoms with Gasteiger partial charge in [-0.1, -0.05) is 53.2 Å². The first-order chi connectivity index (χ1) is 16.4. The predicted molar refractivity (Wildman–Crippen MR) is 133 cm³/mol. The highest BCUT2D eigenvalue weighted by Crippen LogP contribution is 2.42. The molecule has 34 heavy (non-hydrogen) atoms. The van der Waals surface area contributed by atoms with Crippen LogP contribution in [0.15, 0.2) is 83.4 Å². The monoisotopic (exact) mass is 491 g/mol. The highest BCUT2D eigenvalue weighted by Gasteiger charge is 2.40. The van der Waals surface area contributed by atoms with Gasteiger partial charge in [-0.15, -0.1) is 0 Å². The molecule has 3 aromatic carbocycles. The summed E-state index contributed by atoms with van der Waals surface area (Å²) in [7, 11) is 0. The summed E-state index contributed by atoms with van der Waals surface area (Å²) in [6.45, 7) is 1.93. The van der Waals surface area contributed by atoms with Crippen LogP contribution in [0.4, 0.5) is 15.8 Å². The van der Waals surface area contributed by atoms with Gasteiger partial charge in [0, 0.05) is 16.4 Å². The van der Waals surface area contributed by atoms with Gasteiger partial charge in [0.05, 0.1) is 5.25 Å². The zero-order valence-corrected chi connectivity index (χ0v) is 19.7. The summed E-state index contributed by atoms with van der Waals surface area (Å²) in [5.41, 5.74) is 2.59. The molecule has 0 bridgehead atoms. The molecule has 1 saturated heterocycles. The fourth-order valence-electron chi connectivity index (χ4n) is 3.52. The molecule has 1 atom stereocenters. The lowest BCUT2D eigenvalue weighted by molar-refractivity contribution is -0.117. The Bertz CT molecular complexity index is 1320. The van der Waals surface area contributed by atoms with Crippen molar-refractivity contribution >= 4 is 46.6 Å². The summed E-state index contributed by atoms with van der Waals surface area (Å²) < 4.78 is 13.2. The Balaban J connectivity index is 1.72. The molecule has 170 valence electrons. The van der Waals surface area contributed by atoms with E-state index in [9.17, 15) is 19.2 Å². The predicted octanol–water partition coefficient (Wildman–Crippen LogP) is 5.85. The van der Waals surface area contributed by atoms with Gasteiger partial charge < -0.3 is 5.32 Å². The molecule has 0 unspecified atom stereocenters. The first kappa shape index (κ1) is 23.6. The fourth-order valence-corrected chi connectivity index (χ4v) is 5.04. The SMILES string of the molecule is Cc1ccc(N2C(=O)[C@@H](Cc3cccc(Cl)c3)S/C2=C(\C#N)C(=O)Nc2ccc(F)cc2)cc1. The Morgan fingerprint density at radius 2 is 1.85 bits per heavy atom. The number of amides is 2. The van der Waals surface area contributed by atoms with E-state index in [0.717, 1.165) is 11.1 Å². The number of halogens is 2. The Morgan fingerprint density at radius 3 is 2.50 bits per heavy atom. The van der Waals surface area contributed by atoms with Crippen LogP contribution in [0.25, 0.3) is 0 Å². The lowest BCUT2D eigenvalue weighted by atomic mass is 10.1. The maximum atomic E-state index is 13.5. The number of hydrogen-bond acceptors (Lipinski definition) is 4. The largest absolute Gasteiger partial charge is 0.321 e. The van der Waals surface area contributed by atoms with Crippen molar-refractivity contribution in [1.82, 2.24) is 0 Å². The molecule has 5 nitrogen and oxygen atoms in total. The van der Waals surface area contributed by atoms with Crippen molar-refractivity contribution in [1.29, 1.82) is 5.26 Å². The van der Waals surface area contributed by atoms with E-state index < -0.39 is 17.0 Å². The van der Waals surface area contributed by atoms with Crippen LogP contribution in [-0.2, 0) is 16.0 Å². The van der Waals surface area contributed by atoms with Gasteiger partial charge in [-0.2, -0.15) is 5.26 Å². The maximum Gasteiger partial charge on any atom is 0.269 e. The van der Waals surface area contributed by atoms with Gasteiger partial charge in [0.25, 0.3) is 5.91 Å². The first-order valence-electron chi connectivity index (χ1n) is 10.4. The van der Waals surface area contributed by atoms with Crippen molar-refractivity contribution in [2.75, 3.05) is 10.2 Å². The number of carbonyl (C=O) groups excluding carboxylic acids is 2. The number of thioether (sulfide) groups is 1. The molecule has 1 fully saturated rings. The molecule has 1 aliphatic heterocycles. The van der Waals surface area contributed by atoms with Crippen LogP contribution in [0, 0.1) is 24.1 Å². The molecule has 0 radical (unpaired) electrons. The third kappa shape index (κ3) is 5.14. The summed E-state index contributed by atoms with van der Waals surface area (Å²) in [5.74, 6) is -1.35. The average Bonchev–Trinajstić information content (AvgIpc) is 3.12. The number of nitrogens with zero attached hydrogens (tertiary/aromatic N) is 2. The minimum atomic E-state index is -0.676. The highest BCUT2D eigenvalue weighted by molar-refractivity contribution is 8.05. The van der Waals surface area contributed by atoms with E-state index in [1.807, 2.05) is 37.3 Å². The molecule has 8 heteroatoms. The van der Waals surface area contributed by atoms with E-state index in [4.69, 9.17) is 11.6 Å². The number of nitriles is 1. The zero-order chi connectivity index (χ0) is 24.2. The number of rotatable bonds is 5. The van der Waals surface area contributed by atoms with Crippen molar-refractivity contribution < 1.29 is 14.0 Å². The lowest BCUT2D eigenvalue weighted by Crippen LogP contribution is -2.30. The number of nitrogens with one attached hydrogen (secondary N) is 1. The second kappa shape index (κ2) is 10.1. The first-order valence-corrected chi connectivity index (χ1v) is 11.6. The number of aryl methyl sites for hydroxylation is 1. The highest BCUT2D eigenvalue weighted by atomic mass is 35.5. The van der Waals surface area contributed by atoms with E-state index in [2.05, 4.69) is 5.32 Å². The molecular formula is C26H19ClFN3O2S. The average molecular weight is 492 g/mol. The van der Waals surface area contributed by atoms with Crippen molar-refractivity contribution in [2.24, 2.45) is 0 Å². The fraction of sp³-hybridized carbons (Fsp3) is 0.115. The molecule has 1 N–H and O–H groups in total. The number of benzene rings is 3. The standard InChI is InChI=1S/C26H19ClFN3O2S/c1-16-5-11-21(12-6-16)31-25(33)23(14-17-3-2-4-18(27)13-17)34-26(31)22(15-29)24(32)30-20-9-7-19(28)8-10-20/h2-13,23H,14H2,1H3,(H,30,32)/b26-22+/t23-/m1/s1. The van der Waals surface area contributed by atoms with E-state index in [1.165, 1.54) is 40.9 Å². The third-order valence-corrected chi connectivity index (χ3v) is 6.71. The van der Waals surface area contributed by atoms with Crippen molar-refractivity contribution in [2.45, 2.75) is 18.6 Å². The summed E-state index contributed by atoms with van der Waals surface area (Å²) >= 11 is 7.28. The van der Waals surface area contributed by atoms with E-state index >= 15 is 0 Å². The molecule has 2 amide bonds. The summed E-state index contributed by atoms with van der Waals surface area (Å²) in [5, 5.41) is 12.8. The molecular weight excluding hydrogens is 473 g/mol. The van der Waals surface area contributed by atoms with E-state index in [-0.39, 0.29) is 16.5 Å². The van der Waals surface area contributed by atoms with Gasteiger partial charge in [-0.3, -0.25) is 14.5 Å². The second-order valence-electron chi connectivity index (χ2n) is 7.70. The van der Waals surface area contributed by atoms with Crippen LogP contribution in [0.1, 0.15) is 11.1 Å². The van der Waals surface area contributed by atoms with Gasteiger partial charge in [0.2, 0.25) is 5.91 Å². The quantitative estimate of drug-likeness (QED) is 0.359. The zero-order valence-electron chi connectivity index (χ0n) is 18.1. The smallest absolute Gasteiger partial charge is 0.269 e.